The summed E-state index contributed by atoms with van der Waals surface area (Å²) in [6, 6.07) is 2.10. The summed E-state index contributed by atoms with van der Waals surface area (Å²) >= 11 is 2.89. The lowest BCUT2D eigenvalue weighted by molar-refractivity contribution is -0.130. The van der Waals surface area contributed by atoms with E-state index in [4.69, 9.17) is 0 Å². The Kier molecular flexibility index (Phi) is 5.05. The Morgan fingerprint density at radius 1 is 1.24 bits per heavy atom. The molecule has 1 aromatic carbocycles. The Labute approximate surface area is 108 Å². The fourth-order valence-electron chi connectivity index (χ4n) is 1.55. The number of hydrogen-bond acceptors (Lipinski definition) is 1. The molecule has 0 saturated carbocycles. The van der Waals surface area contributed by atoms with Crippen LogP contribution in [0.4, 0.5) is 8.78 Å². The molecule has 0 aliphatic carbocycles. The van der Waals surface area contributed by atoms with Crippen LogP contribution < -0.4 is 0 Å². The van der Waals surface area contributed by atoms with Crippen molar-refractivity contribution in [3.05, 3.63) is 33.8 Å². The number of benzene rings is 1. The van der Waals surface area contributed by atoms with Crippen molar-refractivity contribution >= 4 is 21.8 Å². The molecule has 5 heteroatoms. The van der Waals surface area contributed by atoms with Gasteiger partial charge in [0.1, 0.15) is 11.6 Å². The SMILES string of the molecule is CCN(CC)C(=O)Cc1cc(F)c(Br)cc1F. The van der Waals surface area contributed by atoms with Gasteiger partial charge in [0.05, 0.1) is 10.9 Å². The Hall–Kier alpha value is -0.970. The van der Waals surface area contributed by atoms with E-state index < -0.39 is 11.6 Å². The van der Waals surface area contributed by atoms with Gasteiger partial charge in [0.15, 0.2) is 0 Å². The van der Waals surface area contributed by atoms with Crippen molar-refractivity contribution in [3.8, 4) is 0 Å². The van der Waals surface area contributed by atoms with E-state index in [9.17, 15) is 13.6 Å². The quantitative estimate of drug-likeness (QED) is 0.783. The first-order valence-corrected chi connectivity index (χ1v) is 6.20. The maximum Gasteiger partial charge on any atom is 0.227 e. The van der Waals surface area contributed by atoms with Crippen molar-refractivity contribution in [2.75, 3.05) is 13.1 Å². The number of carbonyl (C=O) groups excluding carboxylic acids is 1. The van der Waals surface area contributed by atoms with Crippen LogP contribution in [0.25, 0.3) is 0 Å². The third kappa shape index (κ3) is 3.49. The Morgan fingerprint density at radius 3 is 2.35 bits per heavy atom. The monoisotopic (exact) mass is 305 g/mol. The van der Waals surface area contributed by atoms with Crippen LogP contribution in [0.2, 0.25) is 0 Å². The maximum absolute atomic E-state index is 13.5. The summed E-state index contributed by atoms with van der Waals surface area (Å²) in [5.74, 6) is -1.33. The smallest absolute Gasteiger partial charge is 0.227 e. The highest BCUT2D eigenvalue weighted by Gasteiger charge is 2.15. The van der Waals surface area contributed by atoms with Crippen molar-refractivity contribution in [2.45, 2.75) is 20.3 Å². The second-order valence-corrected chi connectivity index (χ2v) is 4.45. The van der Waals surface area contributed by atoms with E-state index in [-0.39, 0.29) is 22.4 Å². The van der Waals surface area contributed by atoms with E-state index in [0.29, 0.717) is 13.1 Å². The van der Waals surface area contributed by atoms with Gasteiger partial charge in [-0.15, -0.1) is 0 Å². The van der Waals surface area contributed by atoms with Gasteiger partial charge < -0.3 is 4.90 Å². The van der Waals surface area contributed by atoms with Crippen LogP contribution in [0.1, 0.15) is 19.4 Å². The number of amides is 1. The summed E-state index contributed by atoms with van der Waals surface area (Å²) in [4.78, 5) is 13.3. The van der Waals surface area contributed by atoms with Gasteiger partial charge in [0, 0.05) is 18.7 Å². The summed E-state index contributed by atoms with van der Waals surface area (Å²) in [5.41, 5.74) is 0.0857. The average molecular weight is 306 g/mol. The van der Waals surface area contributed by atoms with E-state index in [0.717, 1.165) is 12.1 Å². The highest BCUT2D eigenvalue weighted by molar-refractivity contribution is 9.10. The largest absolute Gasteiger partial charge is 0.343 e. The zero-order valence-corrected chi connectivity index (χ0v) is 11.4. The Bertz CT molecular complexity index is 419. The molecule has 0 spiro atoms. The summed E-state index contributed by atoms with van der Waals surface area (Å²) in [7, 11) is 0. The number of nitrogens with zero attached hydrogens (tertiary/aromatic N) is 1. The first-order valence-electron chi connectivity index (χ1n) is 5.40. The second kappa shape index (κ2) is 6.10. The molecule has 0 radical (unpaired) electrons. The van der Waals surface area contributed by atoms with Gasteiger partial charge in [-0.05, 0) is 41.9 Å². The van der Waals surface area contributed by atoms with Gasteiger partial charge in [0.25, 0.3) is 0 Å². The minimum absolute atomic E-state index is 0.0639. The zero-order valence-electron chi connectivity index (χ0n) is 9.77. The van der Waals surface area contributed by atoms with Crippen molar-refractivity contribution < 1.29 is 13.6 Å². The van der Waals surface area contributed by atoms with Crippen LogP contribution in [0.15, 0.2) is 16.6 Å². The Balaban J connectivity index is 2.88. The van der Waals surface area contributed by atoms with E-state index in [2.05, 4.69) is 15.9 Å². The molecule has 0 bridgehead atoms. The third-order valence-corrected chi connectivity index (χ3v) is 3.15. The zero-order chi connectivity index (χ0) is 13.0. The van der Waals surface area contributed by atoms with Crippen molar-refractivity contribution in [3.63, 3.8) is 0 Å². The molecule has 0 aliphatic heterocycles. The molecule has 94 valence electrons. The van der Waals surface area contributed by atoms with Crippen molar-refractivity contribution in [2.24, 2.45) is 0 Å². The molecule has 2 nitrogen and oxygen atoms in total. The van der Waals surface area contributed by atoms with Gasteiger partial charge >= 0.3 is 0 Å². The van der Waals surface area contributed by atoms with Crippen LogP contribution in [0.3, 0.4) is 0 Å². The predicted molar refractivity (Wildman–Crippen MR) is 65.7 cm³/mol. The molecule has 0 aromatic heterocycles. The molecule has 0 saturated heterocycles. The number of hydrogen-bond donors (Lipinski definition) is 0. The van der Waals surface area contributed by atoms with E-state index in [1.807, 2.05) is 13.8 Å². The molecule has 0 unspecified atom stereocenters. The van der Waals surface area contributed by atoms with E-state index in [1.54, 1.807) is 4.90 Å². The van der Waals surface area contributed by atoms with Crippen LogP contribution in [0, 0.1) is 11.6 Å². The van der Waals surface area contributed by atoms with Gasteiger partial charge in [-0.1, -0.05) is 0 Å². The van der Waals surface area contributed by atoms with Gasteiger partial charge in [-0.3, -0.25) is 4.79 Å². The first-order chi connectivity index (χ1) is 7.99. The number of halogens is 3. The minimum Gasteiger partial charge on any atom is -0.343 e. The van der Waals surface area contributed by atoms with Crippen molar-refractivity contribution in [1.29, 1.82) is 0 Å². The molecule has 17 heavy (non-hydrogen) atoms. The third-order valence-electron chi connectivity index (χ3n) is 2.55. The maximum atomic E-state index is 13.5. The molecule has 0 atom stereocenters. The van der Waals surface area contributed by atoms with E-state index >= 15 is 0 Å². The lowest BCUT2D eigenvalue weighted by Gasteiger charge is -2.18. The highest BCUT2D eigenvalue weighted by Crippen LogP contribution is 2.20. The summed E-state index contributed by atoms with van der Waals surface area (Å²) in [5, 5.41) is 0. The summed E-state index contributed by atoms with van der Waals surface area (Å²) in [6.45, 7) is 4.83. The first kappa shape index (κ1) is 14.1. The molecule has 0 fully saturated rings. The van der Waals surface area contributed by atoms with Gasteiger partial charge in [-0.2, -0.15) is 0 Å². The van der Waals surface area contributed by atoms with Crippen LogP contribution in [-0.2, 0) is 11.2 Å². The van der Waals surface area contributed by atoms with E-state index in [1.165, 1.54) is 0 Å². The molecule has 0 heterocycles. The molecule has 1 aromatic rings. The Morgan fingerprint density at radius 2 is 1.82 bits per heavy atom. The number of rotatable bonds is 4. The molecule has 1 rings (SSSR count). The highest BCUT2D eigenvalue weighted by atomic mass is 79.9. The van der Waals surface area contributed by atoms with Crippen LogP contribution >= 0.6 is 15.9 Å². The summed E-state index contributed by atoms with van der Waals surface area (Å²) < 4.78 is 26.8. The fourth-order valence-corrected chi connectivity index (χ4v) is 1.87. The topological polar surface area (TPSA) is 20.3 Å². The lowest BCUT2D eigenvalue weighted by Crippen LogP contribution is -2.32. The summed E-state index contributed by atoms with van der Waals surface area (Å²) in [6.07, 6.45) is -0.113. The van der Waals surface area contributed by atoms with Gasteiger partial charge in [0.2, 0.25) is 5.91 Å². The molecular formula is C12H14BrF2NO. The second-order valence-electron chi connectivity index (χ2n) is 3.60. The van der Waals surface area contributed by atoms with Gasteiger partial charge in [-0.25, -0.2) is 8.78 Å². The number of likely N-dealkylation sites (N-methyl/N-ethyl adjacent to an activating group) is 1. The standard InChI is InChI=1S/C12H14BrF2NO/c1-3-16(4-2)12(17)6-8-5-11(15)9(13)7-10(8)14/h5,7H,3-4,6H2,1-2H3. The fraction of sp³-hybridized carbons (Fsp3) is 0.417. The van der Waals surface area contributed by atoms with Crippen molar-refractivity contribution in [1.82, 2.24) is 4.90 Å². The molecule has 0 aliphatic rings. The lowest BCUT2D eigenvalue weighted by atomic mass is 10.1. The predicted octanol–water partition coefficient (Wildman–Crippen LogP) is 3.14. The number of carbonyl (C=O) groups is 1. The average Bonchev–Trinajstić information content (AvgIpc) is 2.27. The molecular weight excluding hydrogens is 292 g/mol. The van der Waals surface area contributed by atoms with Crippen LogP contribution in [-0.4, -0.2) is 23.9 Å². The van der Waals surface area contributed by atoms with Crippen LogP contribution in [0.5, 0.6) is 0 Å². The molecule has 1 amide bonds. The normalized spacial score (nSPS) is 10.4. The minimum atomic E-state index is -0.571. The molecule has 0 N–H and O–H groups in total.